The summed E-state index contributed by atoms with van der Waals surface area (Å²) in [4.78, 5) is 17.9. The van der Waals surface area contributed by atoms with Crippen molar-refractivity contribution in [1.29, 1.82) is 0 Å². The summed E-state index contributed by atoms with van der Waals surface area (Å²) in [6, 6.07) is 13.2. The lowest BCUT2D eigenvalue weighted by molar-refractivity contribution is -0.113. The fourth-order valence-corrected chi connectivity index (χ4v) is 4.94. The van der Waals surface area contributed by atoms with Gasteiger partial charge in [-0.1, -0.05) is 53.2 Å². The molecule has 0 fully saturated rings. The highest BCUT2D eigenvalue weighted by Gasteiger charge is 2.13. The third kappa shape index (κ3) is 5.48. The van der Waals surface area contributed by atoms with Gasteiger partial charge in [-0.2, -0.15) is 0 Å². The Kier molecular flexibility index (Phi) is 6.82. The summed E-state index contributed by atoms with van der Waals surface area (Å²) in [5, 5.41) is 4.30. The molecule has 1 N–H and O–H groups in total. The van der Waals surface area contributed by atoms with Crippen LogP contribution in [0.1, 0.15) is 21.7 Å². The Bertz CT molecular complexity index is 972. The number of aromatic nitrogens is 1. The minimum absolute atomic E-state index is 0.0402. The maximum Gasteiger partial charge on any atom is 0.234 e. The second-order valence-corrected chi connectivity index (χ2v) is 9.20. The maximum absolute atomic E-state index is 12.2. The van der Waals surface area contributed by atoms with Crippen molar-refractivity contribution in [3.63, 3.8) is 0 Å². The van der Waals surface area contributed by atoms with E-state index in [-0.39, 0.29) is 5.91 Å². The molecule has 0 saturated heterocycles. The van der Waals surface area contributed by atoms with E-state index in [4.69, 9.17) is 23.2 Å². The first-order valence-electron chi connectivity index (χ1n) is 8.31. The van der Waals surface area contributed by atoms with Gasteiger partial charge in [-0.05, 0) is 49.2 Å². The fourth-order valence-electron chi connectivity index (χ4n) is 2.51. The minimum atomic E-state index is -0.0402. The van der Waals surface area contributed by atoms with E-state index in [2.05, 4.69) is 10.3 Å². The Morgan fingerprint density at radius 3 is 2.74 bits per heavy atom. The standard InChI is InChI=1S/C20H18Cl2N2OS2/c1-12-5-3-4-6-17(12)24-19(25)11-26-20-23-13(2)18(27-20)10-14-9-15(21)7-8-16(14)22/h3-9H,10-11H2,1-2H3,(H,24,25). The van der Waals surface area contributed by atoms with Gasteiger partial charge in [0.25, 0.3) is 0 Å². The molecule has 0 atom stereocenters. The Hall–Kier alpha value is -1.53. The highest BCUT2D eigenvalue weighted by molar-refractivity contribution is 8.01. The van der Waals surface area contributed by atoms with Gasteiger partial charge in [0.15, 0.2) is 4.34 Å². The molecule has 0 aliphatic heterocycles. The summed E-state index contributed by atoms with van der Waals surface area (Å²) in [6.45, 7) is 3.95. The molecule has 1 amide bonds. The fraction of sp³-hybridized carbons (Fsp3) is 0.200. The molecule has 0 unspecified atom stereocenters. The number of carbonyl (C=O) groups excluding carboxylic acids is 1. The van der Waals surface area contributed by atoms with E-state index >= 15 is 0 Å². The lowest BCUT2D eigenvalue weighted by Crippen LogP contribution is -2.14. The normalized spacial score (nSPS) is 10.8. The number of para-hydroxylation sites is 1. The number of thioether (sulfide) groups is 1. The van der Waals surface area contributed by atoms with Crippen LogP contribution in [0.3, 0.4) is 0 Å². The zero-order valence-corrected chi connectivity index (χ0v) is 18.0. The number of nitrogens with one attached hydrogen (secondary N) is 1. The quantitative estimate of drug-likeness (QED) is 0.455. The van der Waals surface area contributed by atoms with Gasteiger partial charge in [0, 0.05) is 27.0 Å². The molecule has 140 valence electrons. The summed E-state index contributed by atoms with van der Waals surface area (Å²) in [7, 11) is 0. The molecule has 0 aliphatic rings. The van der Waals surface area contributed by atoms with E-state index in [0.29, 0.717) is 22.2 Å². The van der Waals surface area contributed by atoms with Crippen LogP contribution in [0.5, 0.6) is 0 Å². The van der Waals surface area contributed by atoms with Gasteiger partial charge in [-0.3, -0.25) is 4.79 Å². The zero-order valence-electron chi connectivity index (χ0n) is 14.9. The largest absolute Gasteiger partial charge is 0.325 e. The number of amides is 1. The summed E-state index contributed by atoms with van der Waals surface area (Å²) in [6.07, 6.45) is 0.679. The van der Waals surface area contributed by atoms with Crippen LogP contribution >= 0.6 is 46.3 Å². The van der Waals surface area contributed by atoms with Gasteiger partial charge in [0.2, 0.25) is 5.91 Å². The van der Waals surface area contributed by atoms with Crippen molar-refractivity contribution in [2.24, 2.45) is 0 Å². The van der Waals surface area contributed by atoms with Crippen LogP contribution in [0.25, 0.3) is 0 Å². The SMILES string of the molecule is Cc1ccccc1NC(=O)CSc1nc(C)c(Cc2cc(Cl)ccc2Cl)s1. The first-order chi connectivity index (χ1) is 12.9. The van der Waals surface area contributed by atoms with Crippen molar-refractivity contribution >= 4 is 57.9 Å². The summed E-state index contributed by atoms with van der Waals surface area (Å²) >= 11 is 15.4. The average Bonchev–Trinajstić information content (AvgIpc) is 2.98. The summed E-state index contributed by atoms with van der Waals surface area (Å²) < 4.78 is 0.876. The van der Waals surface area contributed by atoms with E-state index in [9.17, 15) is 4.79 Å². The molecule has 0 aliphatic carbocycles. The predicted molar refractivity (Wildman–Crippen MR) is 117 cm³/mol. The first kappa shape index (κ1) is 20.2. The molecule has 0 bridgehead atoms. The minimum Gasteiger partial charge on any atom is -0.325 e. The van der Waals surface area contributed by atoms with Crippen molar-refractivity contribution in [1.82, 2.24) is 4.98 Å². The van der Waals surface area contributed by atoms with Crippen LogP contribution in [0.4, 0.5) is 5.69 Å². The number of hydrogen-bond donors (Lipinski definition) is 1. The van der Waals surface area contributed by atoms with Gasteiger partial charge in [-0.25, -0.2) is 4.98 Å². The Morgan fingerprint density at radius 2 is 1.96 bits per heavy atom. The van der Waals surface area contributed by atoms with Crippen LogP contribution in [-0.4, -0.2) is 16.6 Å². The van der Waals surface area contributed by atoms with Crippen molar-refractivity contribution in [2.45, 2.75) is 24.6 Å². The van der Waals surface area contributed by atoms with Crippen LogP contribution in [-0.2, 0) is 11.2 Å². The highest BCUT2D eigenvalue weighted by atomic mass is 35.5. The molecule has 1 aromatic heterocycles. The third-order valence-corrected chi connectivity index (χ3v) is 6.88. The number of hydrogen-bond acceptors (Lipinski definition) is 4. The van der Waals surface area contributed by atoms with Crippen LogP contribution in [0, 0.1) is 13.8 Å². The van der Waals surface area contributed by atoms with Crippen molar-refractivity contribution in [2.75, 3.05) is 11.1 Å². The molecular formula is C20H18Cl2N2OS2. The number of aryl methyl sites for hydroxylation is 2. The molecule has 0 radical (unpaired) electrons. The van der Waals surface area contributed by atoms with Gasteiger partial charge in [0.05, 0.1) is 11.4 Å². The molecule has 0 saturated carbocycles. The van der Waals surface area contributed by atoms with Crippen molar-refractivity contribution < 1.29 is 4.79 Å². The molecule has 27 heavy (non-hydrogen) atoms. The van der Waals surface area contributed by atoms with E-state index in [0.717, 1.165) is 31.7 Å². The average molecular weight is 437 g/mol. The third-order valence-electron chi connectivity index (χ3n) is 3.98. The molecule has 7 heteroatoms. The van der Waals surface area contributed by atoms with Crippen molar-refractivity contribution in [3.8, 4) is 0 Å². The van der Waals surface area contributed by atoms with Gasteiger partial charge in [-0.15, -0.1) is 11.3 Å². The van der Waals surface area contributed by atoms with E-state index in [1.165, 1.54) is 11.8 Å². The Morgan fingerprint density at radius 1 is 1.19 bits per heavy atom. The topological polar surface area (TPSA) is 42.0 Å². The summed E-state index contributed by atoms with van der Waals surface area (Å²) in [5.41, 5.74) is 3.82. The van der Waals surface area contributed by atoms with E-state index < -0.39 is 0 Å². The van der Waals surface area contributed by atoms with E-state index in [1.807, 2.05) is 44.2 Å². The number of anilines is 1. The molecule has 3 nitrogen and oxygen atoms in total. The van der Waals surface area contributed by atoms with Crippen LogP contribution in [0.2, 0.25) is 10.0 Å². The van der Waals surface area contributed by atoms with Crippen molar-refractivity contribution in [3.05, 3.63) is 74.2 Å². The molecule has 1 heterocycles. The number of nitrogens with zero attached hydrogens (tertiary/aromatic N) is 1. The second-order valence-electron chi connectivity index (χ2n) is 6.05. The lowest BCUT2D eigenvalue weighted by atomic mass is 10.1. The molecule has 3 rings (SSSR count). The van der Waals surface area contributed by atoms with Gasteiger partial charge < -0.3 is 5.32 Å². The molecule has 3 aromatic rings. The molecule has 2 aromatic carbocycles. The number of benzene rings is 2. The number of carbonyl (C=O) groups is 1. The lowest BCUT2D eigenvalue weighted by Gasteiger charge is -2.07. The predicted octanol–water partition coefficient (Wildman–Crippen LogP) is 6.39. The second kappa shape index (κ2) is 9.11. The number of thiazole rings is 1. The van der Waals surface area contributed by atoms with Gasteiger partial charge >= 0.3 is 0 Å². The number of halogens is 2. The zero-order chi connectivity index (χ0) is 19.4. The van der Waals surface area contributed by atoms with Crippen LogP contribution in [0.15, 0.2) is 46.8 Å². The highest BCUT2D eigenvalue weighted by Crippen LogP contribution is 2.31. The van der Waals surface area contributed by atoms with E-state index in [1.54, 1.807) is 23.5 Å². The Balaban J connectivity index is 1.62. The summed E-state index contributed by atoms with van der Waals surface area (Å²) in [5.74, 6) is 0.278. The number of rotatable bonds is 6. The Labute approximate surface area is 177 Å². The van der Waals surface area contributed by atoms with Gasteiger partial charge in [0.1, 0.15) is 0 Å². The van der Waals surface area contributed by atoms with Crippen LogP contribution < -0.4 is 5.32 Å². The maximum atomic E-state index is 12.2. The molecule has 0 spiro atoms. The monoisotopic (exact) mass is 436 g/mol. The molecular weight excluding hydrogens is 419 g/mol. The first-order valence-corrected chi connectivity index (χ1v) is 10.9. The smallest absolute Gasteiger partial charge is 0.234 e.